The maximum atomic E-state index is 14.8. The highest BCUT2D eigenvalue weighted by Crippen LogP contribution is 2.30. The summed E-state index contributed by atoms with van der Waals surface area (Å²) in [6.45, 7) is 3.02. The molecule has 2 aliphatic rings. The molecule has 0 saturated carbocycles. The second-order valence-electron chi connectivity index (χ2n) is 6.03. The van der Waals surface area contributed by atoms with Crippen molar-refractivity contribution in [2.75, 3.05) is 46.4 Å². The lowest BCUT2D eigenvalue weighted by Gasteiger charge is -2.37. The van der Waals surface area contributed by atoms with Crippen LogP contribution in [0.5, 0.6) is 0 Å². The number of likely N-dealkylation sites (tertiary alicyclic amines) is 2. The lowest BCUT2D eigenvalue weighted by Crippen LogP contribution is -2.54. The molecule has 2 heterocycles. The summed E-state index contributed by atoms with van der Waals surface area (Å²) in [5, 5.41) is 2.79. The number of piperidine rings is 1. The van der Waals surface area contributed by atoms with Gasteiger partial charge in [-0.15, -0.1) is 0 Å². The fourth-order valence-corrected chi connectivity index (χ4v) is 3.01. The SMILES string of the molecule is COCCCNC(=O)N1CCC(F)(C(=O)N2CCCC2)CC1. The maximum absolute atomic E-state index is 14.8. The Morgan fingerprint density at radius 3 is 2.36 bits per heavy atom. The molecule has 126 valence electrons. The van der Waals surface area contributed by atoms with Crippen LogP contribution in [0.15, 0.2) is 0 Å². The van der Waals surface area contributed by atoms with Gasteiger partial charge in [0.2, 0.25) is 0 Å². The summed E-state index contributed by atoms with van der Waals surface area (Å²) in [6, 6.07) is -0.188. The largest absolute Gasteiger partial charge is 0.385 e. The number of hydrogen-bond acceptors (Lipinski definition) is 3. The van der Waals surface area contributed by atoms with Gasteiger partial charge in [0.05, 0.1) is 0 Å². The molecule has 2 saturated heterocycles. The minimum absolute atomic E-state index is 0.0911. The van der Waals surface area contributed by atoms with E-state index in [1.165, 1.54) is 0 Å². The van der Waals surface area contributed by atoms with Crippen LogP contribution < -0.4 is 5.32 Å². The number of carbonyl (C=O) groups excluding carboxylic acids is 2. The first kappa shape index (κ1) is 17.0. The zero-order chi connectivity index (χ0) is 16.0. The molecule has 2 aliphatic heterocycles. The predicted molar refractivity (Wildman–Crippen MR) is 80.4 cm³/mol. The lowest BCUT2D eigenvalue weighted by molar-refractivity contribution is -0.145. The highest BCUT2D eigenvalue weighted by atomic mass is 19.1. The van der Waals surface area contributed by atoms with Crippen molar-refractivity contribution in [3.63, 3.8) is 0 Å². The first-order valence-electron chi connectivity index (χ1n) is 8.07. The number of nitrogens with one attached hydrogen (secondary N) is 1. The highest BCUT2D eigenvalue weighted by Gasteiger charge is 2.45. The van der Waals surface area contributed by atoms with E-state index in [0.29, 0.717) is 26.2 Å². The molecule has 0 bridgehead atoms. The molecule has 3 amide bonds. The Balaban J connectivity index is 1.76. The van der Waals surface area contributed by atoms with Crippen LogP contribution in [0.1, 0.15) is 32.1 Å². The Labute approximate surface area is 131 Å². The van der Waals surface area contributed by atoms with Crippen LogP contribution in [0.2, 0.25) is 0 Å². The fourth-order valence-electron chi connectivity index (χ4n) is 3.01. The zero-order valence-electron chi connectivity index (χ0n) is 13.3. The summed E-state index contributed by atoms with van der Waals surface area (Å²) < 4.78 is 19.8. The van der Waals surface area contributed by atoms with Crippen molar-refractivity contribution in [1.29, 1.82) is 0 Å². The first-order chi connectivity index (χ1) is 10.6. The van der Waals surface area contributed by atoms with E-state index in [9.17, 15) is 14.0 Å². The minimum atomic E-state index is -1.79. The Morgan fingerprint density at radius 1 is 1.14 bits per heavy atom. The van der Waals surface area contributed by atoms with E-state index < -0.39 is 5.67 Å². The van der Waals surface area contributed by atoms with Crippen molar-refractivity contribution in [2.45, 2.75) is 37.8 Å². The van der Waals surface area contributed by atoms with Gasteiger partial charge >= 0.3 is 6.03 Å². The van der Waals surface area contributed by atoms with Crippen LogP contribution >= 0.6 is 0 Å². The molecular weight excluding hydrogens is 289 g/mol. The van der Waals surface area contributed by atoms with Crippen molar-refractivity contribution in [3.8, 4) is 0 Å². The molecule has 2 rings (SSSR count). The molecule has 0 aromatic heterocycles. The molecule has 0 aromatic carbocycles. The van der Waals surface area contributed by atoms with E-state index in [4.69, 9.17) is 4.74 Å². The fraction of sp³-hybridized carbons (Fsp3) is 0.867. The number of methoxy groups -OCH3 is 1. The van der Waals surface area contributed by atoms with Crippen LogP contribution in [0.4, 0.5) is 9.18 Å². The Morgan fingerprint density at radius 2 is 1.77 bits per heavy atom. The van der Waals surface area contributed by atoms with Gasteiger partial charge in [-0.3, -0.25) is 4.79 Å². The van der Waals surface area contributed by atoms with Gasteiger partial charge in [0.25, 0.3) is 5.91 Å². The van der Waals surface area contributed by atoms with Crippen LogP contribution in [-0.4, -0.2) is 73.8 Å². The third-order valence-electron chi connectivity index (χ3n) is 4.42. The maximum Gasteiger partial charge on any atom is 0.317 e. The number of urea groups is 1. The van der Waals surface area contributed by atoms with E-state index in [2.05, 4.69) is 5.32 Å². The molecule has 0 unspecified atom stereocenters. The summed E-state index contributed by atoms with van der Waals surface area (Å²) in [4.78, 5) is 27.4. The van der Waals surface area contributed by atoms with Crippen LogP contribution in [0.25, 0.3) is 0 Å². The van der Waals surface area contributed by atoms with E-state index in [1.54, 1.807) is 16.9 Å². The summed E-state index contributed by atoms with van der Waals surface area (Å²) in [5.41, 5.74) is -1.79. The van der Waals surface area contributed by atoms with Gasteiger partial charge in [-0.05, 0) is 19.3 Å². The molecule has 0 atom stereocenters. The van der Waals surface area contributed by atoms with Crippen LogP contribution in [0, 0.1) is 0 Å². The smallest absolute Gasteiger partial charge is 0.317 e. The van der Waals surface area contributed by atoms with Crippen LogP contribution in [-0.2, 0) is 9.53 Å². The van der Waals surface area contributed by atoms with Crippen molar-refractivity contribution in [3.05, 3.63) is 0 Å². The van der Waals surface area contributed by atoms with Gasteiger partial charge in [0, 0.05) is 59.3 Å². The molecule has 22 heavy (non-hydrogen) atoms. The van der Waals surface area contributed by atoms with Gasteiger partial charge in [-0.2, -0.15) is 0 Å². The standard InChI is InChI=1S/C15H26FN3O3/c1-22-12-4-7-17-14(21)19-10-5-15(16,6-11-19)13(20)18-8-2-3-9-18/h2-12H2,1H3,(H,17,21). The third kappa shape index (κ3) is 4.09. The lowest BCUT2D eigenvalue weighted by atomic mass is 9.92. The quantitative estimate of drug-likeness (QED) is 0.775. The summed E-state index contributed by atoms with van der Waals surface area (Å²) in [6.07, 6.45) is 2.84. The Kier molecular flexibility index (Phi) is 5.99. The van der Waals surface area contributed by atoms with E-state index in [-0.39, 0.29) is 37.9 Å². The summed E-state index contributed by atoms with van der Waals surface area (Å²) in [5.74, 6) is -0.384. The summed E-state index contributed by atoms with van der Waals surface area (Å²) >= 11 is 0. The molecule has 0 aromatic rings. The average Bonchev–Trinajstić information content (AvgIpc) is 3.05. The van der Waals surface area contributed by atoms with Crippen LogP contribution in [0.3, 0.4) is 0 Å². The number of ether oxygens (including phenoxy) is 1. The number of alkyl halides is 1. The monoisotopic (exact) mass is 315 g/mol. The van der Waals surface area contributed by atoms with Crippen molar-refractivity contribution in [1.82, 2.24) is 15.1 Å². The Bertz CT molecular complexity index is 391. The number of amides is 3. The third-order valence-corrected chi connectivity index (χ3v) is 4.42. The first-order valence-corrected chi connectivity index (χ1v) is 8.07. The normalized spacial score (nSPS) is 21.0. The number of carbonyl (C=O) groups is 2. The van der Waals surface area contributed by atoms with Gasteiger partial charge < -0.3 is 19.9 Å². The second kappa shape index (κ2) is 7.76. The molecule has 1 N–H and O–H groups in total. The van der Waals surface area contributed by atoms with Crippen molar-refractivity contribution >= 4 is 11.9 Å². The van der Waals surface area contributed by atoms with Gasteiger partial charge in [0.15, 0.2) is 5.67 Å². The number of halogens is 1. The van der Waals surface area contributed by atoms with E-state index >= 15 is 0 Å². The molecule has 0 radical (unpaired) electrons. The molecular formula is C15H26FN3O3. The molecule has 0 spiro atoms. The van der Waals surface area contributed by atoms with E-state index in [1.807, 2.05) is 0 Å². The van der Waals surface area contributed by atoms with Gasteiger partial charge in [0.1, 0.15) is 0 Å². The van der Waals surface area contributed by atoms with Gasteiger partial charge in [-0.25, -0.2) is 9.18 Å². The molecule has 7 heteroatoms. The highest BCUT2D eigenvalue weighted by molar-refractivity contribution is 5.86. The summed E-state index contributed by atoms with van der Waals surface area (Å²) in [7, 11) is 1.62. The number of hydrogen-bond donors (Lipinski definition) is 1. The molecule has 2 fully saturated rings. The topological polar surface area (TPSA) is 61.9 Å². The molecule has 6 nitrogen and oxygen atoms in total. The van der Waals surface area contributed by atoms with Gasteiger partial charge in [-0.1, -0.05) is 0 Å². The van der Waals surface area contributed by atoms with E-state index in [0.717, 1.165) is 19.3 Å². The predicted octanol–water partition coefficient (Wildman–Crippen LogP) is 1.16. The second-order valence-corrected chi connectivity index (χ2v) is 6.03. The Hall–Kier alpha value is -1.37. The number of nitrogens with zero attached hydrogens (tertiary/aromatic N) is 2. The number of rotatable bonds is 5. The van der Waals surface area contributed by atoms with Crippen molar-refractivity contribution < 1.29 is 18.7 Å². The van der Waals surface area contributed by atoms with Crippen molar-refractivity contribution in [2.24, 2.45) is 0 Å². The zero-order valence-corrected chi connectivity index (χ0v) is 13.3. The average molecular weight is 315 g/mol. The minimum Gasteiger partial charge on any atom is -0.385 e. The molecule has 0 aliphatic carbocycles.